The van der Waals surface area contributed by atoms with E-state index in [1.807, 2.05) is 0 Å². The standard InChI is InChI=1S/2C24H21F3N2O3/c2*1-2-14-12-31-24(32-13-14)16-8-9-28-11-15(16)10-21(30)20-7-6-19(27)23(29-20)22-17(25)4-3-5-18(22)26/h2*3-9,11,14,24H,2,10,12-13H2,1H3. The van der Waals surface area contributed by atoms with Crippen LogP contribution in [0, 0.1) is 46.7 Å². The van der Waals surface area contributed by atoms with E-state index in [9.17, 15) is 35.9 Å². The van der Waals surface area contributed by atoms with E-state index in [1.54, 1.807) is 24.5 Å². The number of carbonyl (C=O) groups is 2. The molecule has 0 N–H and O–H groups in total. The van der Waals surface area contributed by atoms with E-state index < -0.39 is 81.6 Å². The Hall–Kier alpha value is -6.20. The minimum absolute atomic E-state index is 0.110. The van der Waals surface area contributed by atoms with Gasteiger partial charge in [-0.3, -0.25) is 19.6 Å². The highest BCUT2D eigenvalue weighted by atomic mass is 19.2. The quantitative estimate of drug-likeness (QED) is 0.0867. The van der Waals surface area contributed by atoms with Crippen LogP contribution in [0.5, 0.6) is 0 Å². The third kappa shape index (κ3) is 10.6. The number of Topliss-reactive ketones (excluding diaryl/α,β-unsaturated/α-hetero) is 2. The van der Waals surface area contributed by atoms with Crippen molar-refractivity contribution in [2.75, 3.05) is 26.4 Å². The number of pyridine rings is 4. The number of nitrogens with zero attached hydrogens (tertiary/aromatic N) is 4. The second-order valence-electron chi connectivity index (χ2n) is 15.1. The fourth-order valence-corrected chi connectivity index (χ4v) is 7.07. The number of hydrogen-bond donors (Lipinski definition) is 0. The van der Waals surface area contributed by atoms with Crippen LogP contribution in [0.1, 0.15) is 82.5 Å². The Morgan fingerprint density at radius 2 is 0.875 bits per heavy atom. The lowest BCUT2D eigenvalue weighted by Gasteiger charge is -2.30. The van der Waals surface area contributed by atoms with Gasteiger partial charge < -0.3 is 18.9 Å². The number of benzene rings is 2. The normalized spacial score (nSPS) is 18.5. The lowest BCUT2D eigenvalue weighted by molar-refractivity contribution is -0.205. The van der Waals surface area contributed by atoms with E-state index in [0.29, 0.717) is 60.5 Å². The van der Waals surface area contributed by atoms with Gasteiger partial charge in [0.2, 0.25) is 0 Å². The van der Waals surface area contributed by atoms with Crippen molar-refractivity contribution in [3.8, 4) is 22.5 Å². The van der Waals surface area contributed by atoms with Crippen molar-refractivity contribution in [2.45, 2.75) is 52.1 Å². The zero-order chi connectivity index (χ0) is 45.3. The van der Waals surface area contributed by atoms with Crippen LogP contribution in [-0.4, -0.2) is 57.9 Å². The number of hydrogen-bond acceptors (Lipinski definition) is 10. The van der Waals surface area contributed by atoms with Crippen LogP contribution in [0.4, 0.5) is 26.3 Å². The van der Waals surface area contributed by atoms with Crippen LogP contribution in [0.15, 0.2) is 97.6 Å². The number of aromatic nitrogens is 4. The summed E-state index contributed by atoms with van der Waals surface area (Å²) in [6.07, 6.45) is 6.66. The molecule has 332 valence electrons. The van der Waals surface area contributed by atoms with Crippen LogP contribution >= 0.6 is 0 Å². The zero-order valence-electron chi connectivity index (χ0n) is 34.7. The van der Waals surface area contributed by atoms with E-state index in [0.717, 1.165) is 49.2 Å². The second kappa shape index (κ2) is 21.0. The minimum Gasteiger partial charge on any atom is -0.348 e. The van der Waals surface area contributed by atoms with Gasteiger partial charge in [-0.1, -0.05) is 26.0 Å². The van der Waals surface area contributed by atoms with Gasteiger partial charge in [-0.2, -0.15) is 0 Å². The number of ketones is 2. The SMILES string of the molecule is CCC1COC(c2ccncc2CC(=O)c2ccc(F)c(-c3c(F)cccc3F)n2)OC1.CCC1COC(c2ccncc2CC(=O)c2ccc(F)c(-c3c(F)cccc3F)n2)OC1. The van der Waals surface area contributed by atoms with Crippen LogP contribution in [-0.2, 0) is 31.8 Å². The maximum absolute atomic E-state index is 14.3. The number of ether oxygens (including phenoxy) is 4. The monoisotopic (exact) mass is 884 g/mol. The Labute approximate surface area is 364 Å². The van der Waals surface area contributed by atoms with Gasteiger partial charge in [0.15, 0.2) is 24.1 Å². The largest absolute Gasteiger partial charge is 0.348 e. The van der Waals surface area contributed by atoms with Crippen LogP contribution < -0.4 is 0 Å². The van der Waals surface area contributed by atoms with Crippen LogP contribution in [0.25, 0.3) is 22.5 Å². The molecule has 0 atom stereocenters. The van der Waals surface area contributed by atoms with E-state index in [2.05, 4.69) is 33.8 Å². The van der Waals surface area contributed by atoms with Crippen molar-refractivity contribution >= 4 is 11.6 Å². The average Bonchev–Trinajstić information content (AvgIpc) is 3.30. The molecule has 2 aliphatic rings. The minimum atomic E-state index is -0.965. The van der Waals surface area contributed by atoms with Crippen molar-refractivity contribution in [2.24, 2.45) is 11.8 Å². The average molecular weight is 885 g/mol. The summed E-state index contributed by atoms with van der Waals surface area (Å²) in [5.74, 6) is -6.00. The van der Waals surface area contributed by atoms with Gasteiger partial charge in [0.25, 0.3) is 0 Å². The number of carbonyl (C=O) groups excluding carboxylic acids is 2. The molecule has 16 heteroatoms. The molecule has 10 nitrogen and oxygen atoms in total. The number of halogens is 6. The van der Waals surface area contributed by atoms with Gasteiger partial charge in [-0.15, -0.1) is 0 Å². The van der Waals surface area contributed by atoms with E-state index >= 15 is 0 Å². The Morgan fingerprint density at radius 1 is 0.516 bits per heavy atom. The van der Waals surface area contributed by atoms with E-state index in [-0.39, 0.29) is 24.2 Å². The molecule has 8 rings (SSSR count). The lowest BCUT2D eigenvalue weighted by atomic mass is 10.0. The summed E-state index contributed by atoms with van der Waals surface area (Å²) in [6, 6.07) is 14.1. The zero-order valence-corrected chi connectivity index (χ0v) is 34.7. The first-order valence-electron chi connectivity index (χ1n) is 20.6. The molecule has 0 radical (unpaired) electrons. The third-order valence-corrected chi connectivity index (χ3v) is 10.8. The maximum atomic E-state index is 14.3. The van der Waals surface area contributed by atoms with Crippen LogP contribution in [0.3, 0.4) is 0 Å². The molecule has 6 heterocycles. The van der Waals surface area contributed by atoms with Gasteiger partial charge >= 0.3 is 0 Å². The lowest BCUT2D eigenvalue weighted by Crippen LogP contribution is -2.27. The Bertz CT molecular complexity index is 2400. The van der Waals surface area contributed by atoms with Crippen molar-refractivity contribution in [3.05, 3.63) is 166 Å². The molecule has 0 spiro atoms. The fraction of sp³-hybridized carbons (Fsp3) is 0.292. The molecule has 4 aromatic heterocycles. The summed E-state index contributed by atoms with van der Waals surface area (Å²) in [5, 5.41) is 0. The molecule has 0 unspecified atom stereocenters. The highest BCUT2D eigenvalue weighted by Gasteiger charge is 2.28. The molecule has 2 aliphatic heterocycles. The van der Waals surface area contributed by atoms with Gasteiger partial charge in [0, 0.05) is 60.6 Å². The highest BCUT2D eigenvalue weighted by molar-refractivity contribution is 5.97. The Kier molecular flexibility index (Phi) is 15.0. The summed E-state index contributed by atoms with van der Waals surface area (Å²) in [5.41, 5.74) is -0.0804. The highest BCUT2D eigenvalue weighted by Crippen LogP contribution is 2.32. The molecular formula is C48H42F6N4O6. The topological polar surface area (TPSA) is 123 Å². The molecule has 2 saturated heterocycles. The van der Waals surface area contributed by atoms with Gasteiger partial charge in [-0.25, -0.2) is 36.3 Å². The van der Waals surface area contributed by atoms with Crippen molar-refractivity contribution in [1.82, 2.24) is 19.9 Å². The van der Waals surface area contributed by atoms with Crippen molar-refractivity contribution in [3.63, 3.8) is 0 Å². The summed E-state index contributed by atoms with van der Waals surface area (Å²) in [6.45, 7) is 6.32. The van der Waals surface area contributed by atoms with Crippen LogP contribution in [0.2, 0.25) is 0 Å². The first-order valence-corrected chi connectivity index (χ1v) is 20.6. The summed E-state index contributed by atoms with van der Waals surface area (Å²) in [4.78, 5) is 41.9. The molecule has 64 heavy (non-hydrogen) atoms. The molecule has 6 aromatic rings. The molecule has 0 saturated carbocycles. The maximum Gasteiger partial charge on any atom is 0.185 e. The molecule has 0 aliphatic carbocycles. The Balaban J connectivity index is 0.000000191. The number of rotatable bonds is 12. The van der Waals surface area contributed by atoms with Gasteiger partial charge in [0.05, 0.1) is 37.6 Å². The first kappa shape index (κ1) is 45.8. The summed E-state index contributed by atoms with van der Waals surface area (Å²) >= 11 is 0. The molecular weight excluding hydrogens is 843 g/mol. The molecule has 0 bridgehead atoms. The smallest absolute Gasteiger partial charge is 0.185 e. The third-order valence-electron chi connectivity index (χ3n) is 10.8. The first-order chi connectivity index (χ1) is 30.9. The summed E-state index contributed by atoms with van der Waals surface area (Å²) < 4.78 is 108. The van der Waals surface area contributed by atoms with Gasteiger partial charge in [0.1, 0.15) is 57.7 Å². The van der Waals surface area contributed by atoms with E-state index in [1.165, 1.54) is 36.7 Å². The fourth-order valence-electron chi connectivity index (χ4n) is 7.07. The molecule has 2 aromatic carbocycles. The van der Waals surface area contributed by atoms with Crippen molar-refractivity contribution in [1.29, 1.82) is 0 Å². The Morgan fingerprint density at radius 3 is 1.22 bits per heavy atom. The van der Waals surface area contributed by atoms with E-state index in [4.69, 9.17) is 18.9 Å². The predicted molar refractivity (Wildman–Crippen MR) is 220 cm³/mol. The molecule has 2 fully saturated rings. The van der Waals surface area contributed by atoms with Crippen molar-refractivity contribution < 1.29 is 54.9 Å². The van der Waals surface area contributed by atoms with Gasteiger partial charge in [-0.05, 0) is 84.6 Å². The predicted octanol–water partition coefficient (Wildman–Crippen LogP) is 10.1. The second-order valence-corrected chi connectivity index (χ2v) is 15.1. The summed E-state index contributed by atoms with van der Waals surface area (Å²) in [7, 11) is 0. The molecule has 0 amide bonds.